The lowest BCUT2D eigenvalue weighted by atomic mass is 9.96. The molecule has 0 saturated heterocycles. The Morgan fingerprint density at radius 1 is 1.20 bits per heavy atom. The molecular weight excluding hydrogens is 278 g/mol. The maximum atomic E-state index is 12.3. The molecule has 0 amide bonds. The van der Waals surface area contributed by atoms with E-state index in [2.05, 4.69) is 4.72 Å². The molecule has 0 aliphatic rings. The molecule has 0 fully saturated rings. The quantitative estimate of drug-likeness (QED) is 0.751. The van der Waals surface area contributed by atoms with Crippen LogP contribution in [-0.4, -0.2) is 31.5 Å². The molecule has 0 aliphatic heterocycles. The Labute approximate surface area is 120 Å². The fourth-order valence-corrected chi connectivity index (χ4v) is 3.40. The van der Waals surface area contributed by atoms with Crippen LogP contribution in [0.25, 0.3) is 0 Å². The molecule has 0 radical (unpaired) electrons. The second-order valence-electron chi connectivity index (χ2n) is 4.83. The first-order chi connectivity index (χ1) is 9.30. The number of aliphatic hydroxyl groups is 1. The smallest absolute Gasteiger partial charge is 0.241 e. The molecule has 2 N–H and O–H groups in total. The lowest BCUT2D eigenvalue weighted by Gasteiger charge is -2.30. The average molecular weight is 299 g/mol. The van der Waals surface area contributed by atoms with E-state index in [1.54, 1.807) is 0 Å². The van der Waals surface area contributed by atoms with Gasteiger partial charge in [0.15, 0.2) is 5.78 Å². The Bertz CT molecular complexity index is 551. The minimum Gasteiger partial charge on any atom is -0.394 e. The van der Waals surface area contributed by atoms with Gasteiger partial charge >= 0.3 is 0 Å². The molecular formula is C14H21NO4S. The van der Waals surface area contributed by atoms with Gasteiger partial charge in [0.25, 0.3) is 0 Å². The molecule has 5 nitrogen and oxygen atoms in total. The van der Waals surface area contributed by atoms with Crippen LogP contribution in [0.5, 0.6) is 0 Å². The third-order valence-corrected chi connectivity index (χ3v) is 5.17. The number of nitrogens with one attached hydrogen (secondary N) is 1. The molecule has 1 rings (SSSR count). The van der Waals surface area contributed by atoms with Crippen LogP contribution in [0.2, 0.25) is 0 Å². The van der Waals surface area contributed by atoms with E-state index in [4.69, 9.17) is 0 Å². The number of Topliss-reactive ketones (excluding diaryl/α,β-unsaturated/α-hetero) is 1. The number of aliphatic hydroxyl groups excluding tert-OH is 1. The van der Waals surface area contributed by atoms with Gasteiger partial charge in [-0.3, -0.25) is 4.79 Å². The average Bonchev–Trinajstić information content (AvgIpc) is 2.45. The summed E-state index contributed by atoms with van der Waals surface area (Å²) in [5.41, 5.74) is -0.388. The van der Waals surface area contributed by atoms with Crippen LogP contribution < -0.4 is 4.72 Å². The van der Waals surface area contributed by atoms with Crippen LogP contribution in [0.15, 0.2) is 29.2 Å². The standard InChI is InChI=1S/C14H21NO4S/c1-4-14(5-2,10-16)15-20(18,19)13-8-6-12(7-9-13)11(3)17/h6-9,15-16H,4-5,10H2,1-3H3. The number of hydrogen-bond donors (Lipinski definition) is 2. The number of carbonyl (C=O) groups is 1. The zero-order chi connectivity index (χ0) is 15.4. The number of ketones is 1. The third-order valence-electron chi connectivity index (χ3n) is 3.58. The lowest BCUT2D eigenvalue weighted by Crippen LogP contribution is -2.50. The van der Waals surface area contributed by atoms with Gasteiger partial charge in [-0.05, 0) is 31.9 Å². The summed E-state index contributed by atoms with van der Waals surface area (Å²) in [5.74, 6) is -0.117. The van der Waals surface area contributed by atoms with E-state index in [0.29, 0.717) is 18.4 Å². The highest BCUT2D eigenvalue weighted by Gasteiger charge is 2.31. The number of sulfonamides is 1. The Morgan fingerprint density at radius 2 is 1.70 bits per heavy atom. The van der Waals surface area contributed by atoms with Crippen molar-refractivity contribution in [3.05, 3.63) is 29.8 Å². The van der Waals surface area contributed by atoms with Gasteiger partial charge in [0.05, 0.1) is 17.0 Å². The summed E-state index contributed by atoms with van der Waals surface area (Å²) in [6.07, 6.45) is 0.982. The van der Waals surface area contributed by atoms with Crippen molar-refractivity contribution in [2.75, 3.05) is 6.61 Å². The minimum atomic E-state index is -3.72. The Balaban J connectivity index is 3.07. The second-order valence-corrected chi connectivity index (χ2v) is 6.51. The minimum absolute atomic E-state index is 0.0854. The van der Waals surface area contributed by atoms with Gasteiger partial charge in [-0.2, -0.15) is 0 Å². The van der Waals surface area contributed by atoms with Crippen LogP contribution in [0.3, 0.4) is 0 Å². The summed E-state index contributed by atoms with van der Waals surface area (Å²) in [7, 11) is -3.72. The van der Waals surface area contributed by atoms with Crippen LogP contribution >= 0.6 is 0 Å². The SMILES string of the molecule is CCC(CC)(CO)NS(=O)(=O)c1ccc(C(C)=O)cc1. The van der Waals surface area contributed by atoms with Gasteiger partial charge in [-0.1, -0.05) is 26.0 Å². The molecule has 0 atom stereocenters. The van der Waals surface area contributed by atoms with Gasteiger partial charge in [0.1, 0.15) is 0 Å². The summed E-state index contributed by atoms with van der Waals surface area (Å²) in [4.78, 5) is 11.3. The molecule has 112 valence electrons. The Kier molecular flexibility index (Phi) is 5.44. The van der Waals surface area contributed by atoms with Crippen molar-refractivity contribution < 1.29 is 18.3 Å². The van der Waals surface area contributed by atoms with Gasteiger partial charge in [-0.25, -0.2) is 13.1 Å². The van der Waals surface area contributed by atoms with Crippen molar-refractivity contribution in [3.63, 3.8) is 0 Å². The zero-order valence-electron chi connectivity index (χ0n) is 12.0. The monoisotopic (exact) mass is 299 g/mol. The van der Waals surface area contributed by atoms with E-state index < -0.39 is 15.6 Å². The second kappa shape index (κ2) is 6.47. The number of hydrogen-bond acceptors (Lipinski definition) is 4. The van der Waals surface area contributed by atoms with Crippen molar-refractivity contribution in [3.8, 4) is 0 Å². The van der Waals surface area contributed by atoms with Gasteiger partial charge in [-0.15, -0.1) is 0 Å². The molecule has 1 aromatic carbocycles. The summed E-state index contributed by atoms with van der Waals surface area (Å²) in [5, 5.41) is 9.43. The van der Waals surface area contributed by atoms with Crippen molar-refractivity contribution in [1.82, 2.24) is 4.72 Å². The highest BCUT2D eigenvalue weighted by molar-refractivity contribution is 7.89. The summed E-state index contributed by atoms with van der Waals surface area (Å²) in [6, 6.07) is 5.75. The summed E-state index contributed by atoms with van der Waals surface area (Å²) in [6.45, 7) is 4.81. The first kappa shape index (κ1) is 16.8. The van der Waals surface area contributed by atoms with E-state index >= 15 is 0 Å². The molecule has 6 heteroatoms. The fourth-order valence-electron chi connectivity index (χ4n) is 1.86. The van der Waals surface area contributed by atoms with E-state index in [-0.39, 0.29) is 17.3 Å². The third kappa shape index (κ3) is 3.65. The maximum Gasteiger partial charge on any atom is 0.241 e. The van der Waals surface area contributed by atoms with E-state index in [0.717, 1.165) is 0 Å². The van der Waals surface area contributed by atoms with Crippen LogP contribution in [-0.2, 0) is 10.0 Å². The molecule has 20 heavy (non-hydrogen) atoms. The predicted octanol–water partition coefficient (Wildman–Crippen LogP) is 1.72. The molecule has 0 aliphatic carbocycles. The van der Waals surface area contributed by atoms with Gasteiger partial charge in [0, 0.05) is 5.56 Å². The molecule has 0 unspecified atom stereocenters. The van der Waals surface area contributed by atoms with Crippen molar-refractivity contribution in [2.45, 2.75) is 44.0 Å². The lowest BCUT2D eigenvalue weighted by molar-refractivity contribution is 0.101. The van der Waals surface area contributed by atoms with Crippen molar-refractivity contribution in [2.24, 2.45) is 0 Å². The topological polar surface area (TPSA) is 83.5 Å². The van der Waals surface area contributed by atoms with Gasteiger partial charge < -0.3 is 5.11 Å². The van der Waals surface area contributed by atoms with E-state index in [1.165, 1.54) is 31.2 Å². The molecule has 0 saturated carbocycles. The zero-order valence-corrected chi connectivity index (χ0v) is 12.8. The number of rotatable bonds is 7. The summed E-state index contributed by atoms with van der Waals surface area (Å²) < 4.78 is 27.2. The molecule has 0 bridgehead atoms. The molecule has 0 aromatic heterocycles. The molecule has 0 spiro atoms. The first-order valence-electron chi connectivity index (χ1n) is 6.56. The van der Waals surface area contributed by atoms with Crippen molar-refractivity contribution in [1.29, 1.82) is 0 Å². The molecule has 1 aromatic rings. The first-order valence-corrected chi connectivity index (χ1v) is 8.04. The van der Waals surface area contributed by atoms with Crippen LogP contribution in [0.4, 0.5) is 0 Å². The maximum absolute atomic E-state index is 12.3. The van der Waals surface area contributed by atoms with Crippen molar-refractivity contribution >= 4 is 15.8 Å². The van der Waals surface area contributed by atoms with Crippen LogP contribution in [0.1, 0.15) is 44.0 Å². The Morgan fingerprint density at radius 3 is 2.05 bits per heavy atom. The van der Waals surface area contributed by atoms with E-state index in [1.807, 2.05) is 13.8 Å². The largest absolute Gasteiger partial charge is 0.394 e. The highest BCUT2D eigenvalue weighted by atomic mass is 32.2. The Hall–Kier alpha value is -1.24. The number of carbonyl (C=O) groups excluding carboxylic acids is 1. The predicted molar refractivity (Wildman–Crippen MR) is 77.2 cm³/mol. The fraction of sp³-hybridized carbons (Fsp3) is 0.500. The van der Waals surface area contributed by atoms with Crippen LogP contribution in [0, 0.1) is 0 Å². The normalized spacial score (nSPS) is 12.4. The number of benzene rings is 1. The molecule has 0 heterocycles. The summed E-state index contributed by atoms with van der Waals surface area (Å²) >= 11 is 0. The van der Waals surface area contributed by atoms with E-state index in [9.17, 15) is 18.3 Å². The van der Waals surface area contributed by atoms with Gasteiger partial charge in [0.2, 0.25) is 10.0 Å². The highest BCUT2D eigenvalue weighted by Crippen LogP contribution is 2.19.